The predicted molar refractivity (Wildman–Crippen MR) is 97.6 cm³/mol. The van der Waals surface area contributed by atoms with Gasteiger partial charge < -0.3 is 15.7 Å². The number of carbonyl (C=O) groups excluding carboxylic acids is 1. The lowest BCUT2D eigenvalue weighted by molar-refractivity contribution is 0.159. The third-order valence-electron chi connectivity index (χ3n) is 4.83. The van der Waals surface area contributed by atoms with Crippen molar-refractivity contribution in [3.8, 4) is 0 Å². The fourth-order valence-corrected chi connectivity index (χ4v) is 3.17. The van der Waals surface area contributed by atoms with Gasteiger partial charge in [0.1, 0.15) is 0 Å². The number of urea groups is 1. The number of aliphatic hydroxyl groups excluding tert-OH is 1. The topological polar surface area (TPSA) is 79.2 Å². The van der Waals surface area contributed by atoms with Crippen LogP contribution in [0, 0.1) is 19.8 Å². The Morgan fingerprint density at radius 2 is 2.12 bits per heavy atom. The van der Waals surface area contributed by atoms with E-state index in [0.29, 0.717) is 12.5 Å². The molecule has 0 radical (unpaired) electrons. The molecule has 6 heteroatoms. The largest absolute Gasteiger partial charge is 0.394 e. The third-order valence-corrected chi connectivity index (χ3v) is 4.83. The number of aliphatic hydroxyl groups is 1. The van der Waals surface area contributed by atoms with Gasteiger partial charge in [0, 0.05) is 11.4 Å². The molecule has 1 aliphatic carbocycles. The van der Waals surface area contributed by atoms with Crippen molar-refractivity contribution in [3.05, 3.63) is 47.3 Å². The van der Waals surface area contributed by atoms with Crippen LogP contribution in [0.4, 0.5) is 10.5 Å². The molecule has 0 aliphatic heterocycles. The van der Waals surface area contributed by atoms with Crippen molar-refractivity contribution in [2.24, 2.45) is 5.92 Å². The van der Waals surface area contributed by atoms with E-state index >= 15 is 0 Å². The summed E-state index contributed by atoms with van der Waals surface area (Å²) in [6.45, 7) is 6.51. The van der Waals surface area contributed by atoms with E-state index < -0.39 is 5.54 Å². The highest BCUT2D eigenvalue weighted by Crippen LogP contribution is 2.39. The second kappa shape index (κ2) is 6.88. The lowest BCUT2D eigenvalue weighted by Crippen LogP contribution is -2.52. The lowest BCUT2D eigenvalue weighted by atomic mass is 9.97. The second-order valence-corrected chi connectivity index (χ2v) is 7.21. The Kier molecular flexibility index (Phi) is 4.81. The number of nitrogens with one attached hydrogen (secondary N) is 2. The van der Waals surface area contributed by atoms with Crippen molar-refractivity contribution in [1.82, 2.24) is 15.1 Å². The van der Waals surface area contributed by atoms with Crippen LogP contribution in [0.15, 0.2) is 30.3 Å². The Labute approximate surface area is 148 Å². The number of hydrogen-bond donors (Lipinski definition) is 3. The fraction of sp³-hybridized carbons (Fsp3) is 0.474. The average Bonchev–Trinajstić information content (AvgIpc) is 3.35. The van der Waals surface area contributed by atoms with Gasteiger partial charge in [0.15, 0.2) is 0 Å². The van der Waals surface area contributed by atoms with E-state index in [9.17, 15) is 9.90 Å². The standard InChI is InChI=1S/C19H26N4O2/c1-13-9-14(2)23(22-13)11-15-5-4-6-17(10-15)20-18(25)21-19(3,12-24)16-7-8-16/h4-6,9-10,16,24H,7-8,11-12H2,1-3H3,(H2,20,21,25). The van der Waals surface area contributed by atoms with Crippen LogP contribution in [-0.4, -0.2) is 33.1 Å². The third kappa shape index (κ3) is 4.20. The molecule has 0 bridgehead atoms. The number of aryl methyl sites for hydroxylation is 2. The van der Waals surface area contributed by atoms with Crippen molar-refractivity contribution >= 4 is 11.7 Å². The van der Waals surface area contributed by atoms with Gasteiger partial charge in [-0.25, -0.2) is 4.79 Å². The molecule has 0 spiro atoms. The summed E-state index contributed by atoms with van der Waals surface area (Å²) >= 11 is 0. The molecule has 0 saturated heterocycles. The van der Waals surface area contributed by atoms with Gasteiger partial charge in [0.05, 0.1) is 24.4 Å². The molecule has 2 aromatic rings. The summed E-state index contributed by atoms with van der Waals surface area (Å²) in [6, 6.07) is 9.50. The predicted octanol–water partition coefficient (Wildman–Crippen LogP) is 2.83. The second-order valence-electron chi connectivity index (χ2n) is 7.21. The molecule has 6 nitrogen and oxygen atoms in total. The van der Waals surface area contributed by atoms with Gasteiger partial charge in [-0.15, -0.1) is 0 Å². The Balaban J connectivity index is 1.65. The number of rotatable bonds is 6. The molecule has 1 aromatic heterocycles. The van der Waals surface area contributed by atoms with Crippen LogP contribution < -0.4 is 10.6 Å². The van der Waals surface area contributed by atoms with Gasteiger partial charge >= 0.3 is 6.03 Å². The van der Waals surface area contributed by atoms with Crippen LogP contribution in [0.5, 0.6) is 0 Å². The van der Waals surface area contributed by atoms with Crippen molar-refractivity contribution in [1.29, 1.82) is 0 Å². The van der Waals surface area contributed by atoms with Crippen molar-refractivity contribution < 1.29 is 9.90 Å². The van der Waals surface area contributed by atoms with Crippen molar-refractivity contribution in [2.45, 2.75) is 45.7 Å². The highest BCUT2D eigenvalue weighted by molar-refractivity contribution is 5.89. The van der Waals surface area contributed by atoms with Gasteiger partial charge in [0.2, 0.25) is 0 Å². The monoisotopic (exact) mass is 342 g/mol. The molecular formula is C19H26N4O2. The molecule has 1 atom stereocenters. The minimum atomic E-state index is -0.550. The summed E-state index contributed by atoms with van der Waals surface area (Å²) in [4.78, 5) is 12.3. The van der Waals surface area contributed by atoms with Crippen LogP contribution in [0.1, 0.15) is 36.7 Å². The van der Waals surface area contributed by atoms with Crippen molar-refractivity contribution in [3.63, 3.8) is 0 Å². The van der Waals surface area contributed by atoms with E-state index in [4.69, 9.17) is 0 Å². The van der Waals surface area contributed by atoms with Crippen LogP contribution in [0.2, 0.25) is 0 Å². The fourth-order valence-electron chi connectivity index (χ4n) is 3.17. The summed E-state index contributed by atoms with van der Waals surface area (Å²) in [7, 11) is 0. The van der Waals surface area contributed by atoms with Crippen LogP contribution in [0.3, 0.4) is 0 Å². The minimum absolute atomic E-state index is 0.0525. The number of anilines is 1. The van der Waals surface area contributed by atoms with E-state index in [1.807, 2.05) is 55.8 Å². The molecular weight excluding hydrogens is 316 g/mol. The van der Waals surface area contributed by atoms with Crippen LogP contribution in [-0.2, 0) is 6.54 Å². The quantitative estimate of drug-likeness (QED) is 0.755. The number of carbonyl (C=O) groups is 1. The van der Waals surface area contributed by atoms with E-state index in [2.05, 4.69) is 15.7 Å². The highest BCUT2D eigenvalue weighted by Gasteiger charge is 2.42. The van der Waals surface area contributed by atoms with Gasteiger partial charge in [-0.1, -0.05) is 12.1 Å². The van der Waals surface area contributed by atoms with Gasteiger partial charge in [-0.3, -0.25) is 4.68 Å². The normalized spacial score (nSPS) is 16.3. The Morgan fingerprint density at radius 1 is 1.36 bits per heavy atom. The lowest BCUT2D eigenvalue weighted by Gasteiger charge is -2.28. The maximum Gasteiger partial charge on any atom is 0.319 e. The highest BCUT2D eigenvalue weighted by atomic mass is 16.3. The molecule has 1 aliphatic rings. The molecule has 1 heterocycles. The smallest absolute Gasteiger partial charge is 0.319 e. The van der Waals surface area contributed by atoms with E-state index in [1.54, 1.807) is 0 Å². The van der Waals surface area contributed by atoms with Crippen LogP contribution >= 0.6 is 0 Å². The zero-order valence-electron chi connectivity index (χ0n) is 15.0. The Bertz CT molecular complexity index is 767. The molecule has 1 saturated carbocycles. The van der Waals surface area contributed by atoms with Gasteiger partial charge in [0.25, 0.3) is 0 Å². The molecule has 25 heavy (non-hydrogen) atoms. The van der Waals surface area contributed by atoms with E-state index in [-0.39, 0.29) is 12.6 Å². The molecule has 134 valence electrons. The van der Waals surface area contributed by atoms with E-state index in [1.165, 1.54) is 0 Å². The van der Waals surface area contributed by atoms with Crippen molar-refractivity contribution in [2.75, 3.05) is 11.9 Å². The summed E-state index contributed by atoms with van der Waals surface area (Å²) in [5.41, 5.74) is 3.35. The van der Waals surface area contributed by atoms with Gasteiger partial charge in [-0.2, -0.15) is 5.10 Å². The molecule has 3 rings (SSSR count). The first-order valence-electron chi connectivity index (χ1n) is 8.69. The first-order chi connectivity index (χ1) is 11.9. The molecule has 3 N–H and O–H groups in total. The van der Waals surface area contributed by atoms with E-state index in [0.717, 1.165) is 35.5 Å². The summed E-state index contributed by atoms with van der Waals surface area (Å²) in [6.07, 6.45) is 2.10. The molecule has 1 unspecified atom stereocenters. The minimum Gasteiger partial charge on any atom is -0.394 e. The number of benzene rings is 1. The zero-order chi connectivity index (χ0) is 18.0. The first kappa shape index (κ1) is 17.5. The maximum absolute atomic E-state index is 12.3. The Morgan fingerprint density at radius 3 is 2.72 bits per heavy atom. The average molecular weight is 342 g/mol. The molecule has 1 fully saturated rings. The summed E-state index contributed by atoms with van der Waals surface area (Å²) < 4.78 is 1.95. The van der Waals surface area contributed by atoms with Crippen LogP contribution in [0.25, 0.3) is 0 Å². The number of hydrogen-bond acceptors (Lipinski definition) is 3. The molecule has 1 aromatic carbocycles. The summed E-state index contributed by atoms with van der Waals surface area (Å²) in [5.74, 6) is 0.362. The molecule has 2 amide bonds. The number of amides is 2. The number of nitrogens with zero attached hydrogens (tertiary/aromatic N) is 2. The number of aromatic nitrogens is 2. The summed E-state index contributed by atoms with van der Waals surface area (Å²) in [5, 5.41) is 19.9. The maximum atomic E-state index is 12.3. The first-order valence-corrected chi connectivity index (χ1v) is 8.69. The Hall–Kier alpha value is -2.34. The SMILES string of the molecule is Cc1cc(C)n(Cc2cccc(NC(=O)NC(C)(CO)C3CC3)c2)n1. The zero-order valence-corrected chi connectivity index (χ0v) is 15.0. The van der Waals surface area contributed by atoms with Gasteiger partial charge in [-0.05, 0) is 63.3 Å².